The van der Waals surface area contributed by atoms with Crippen LogP contribution in [0.4, 0.5) is 0 Å². The van der Waals surface area contributed by atoms with E-state index in [1.807, 2.05) is 18.2 Å². The van der Waals surface area contributed by atoms with Gasteiger partial charge in [-0.2, -0.15) is 0 Å². The summed E-state index contributed by atoms with van der Waals surface area (Å²) in [5.74, 6) is 1.45. The summed E-state index contributed by atoms with van der Waals surface area (Å²) < 4.78 is 6.64. The molecule has 0 aliphatic rings. The number of benzene rings is 1. The highest BCUT2D eigenvalue weighted by Crippen LogP contribution is 2.23. The summed E-state index contributed by atoms with van der Waals surface area (Å²) >= 11 is 3.46. The Hall–Kier alpha value is -0.580. The van der Waals surface area contributed by atoms with Crippen LogP contribution in [0.3, 0.4) is 0 Å². The fraction of sp³-hybridized carbons (Fsp3) is 0.571. The fourth-order valence-corrected chi connectivity index (χ4v) is 1.94. The molecule has 4 heteroatoms. The minimum Gasteiger partial charge on any atom is -0.491 e. The number of hydrogen-bond donors (Lipinski definition) is 2. The maximum atomic E-state index is 9.26. The summed E-state index contributed by atoms with van der Waals surface area (Å²) in [4.78, 5) is 0. The lowest BCUT2D eigenvalue weighted by molar-refractivity contribution is 0.122. The van der Waals surface area contributed by atoms with Crippen LogP contribution < -0.4 is 10.1 Å². The Morgan fingerprint density at radius 3 is 2.67 bits per heavy atom. The normalized spacial score (nSPS) is 12.8. The molecule has 0 heterocycles. The van der Waals surface area contributed by atoms with Crippen molar-refractivity contribution < 1.29 is 9.84 Å². The Kier molecular flexibility index (Phi) is 6.68. The van der Waals surface area contributed by atoms with Gasteiger partial charge in [-0.05, 0) is 37.6 Å². The first-order valence-corrected chi connectivity index (χ1v) is 7.08. The highest BCUT2D eigenvalue weighted by atomic mass is 79.9. The molecule has 0 aliphatic heterocycles. The third-order valence-corrected chi connectivity index (χ3v) is 2.86. The molecule has 0 spiro atoms. The molecule has 0 aliphatic carbocycles. The molecule has 0 saturated carbocycles. The van der Waals surface area contributed by atoms with Gasteiger partial charge in [0.05, 0.1) is 6.10 Å². The van der Waals surface area contributed by atoms with Gasteiger partial charge in [0.15, 0.2) is 0 Å². The predicted molar refractivity (Wildman–Crippen MR) is 77.9 cm³/mol. The first kappa shape index (κ1) is 15.5. The summed E-state index contributed by atoms with van der Waals surface area (Å²) in [5.41, 5.74) is 1.10. The third kappa shape index (κ3) is 5.85. The van der Waals surface area contributed by atoms with E-state index in [1.165, 1.54) is 0 Å². The molecule has 1 aromatic rings. The standard InChI is InChI=1S/C14H22BrNO2/c1-10(2)7-16-8-12-6-13(15)4-5-14(12)18-9-11(3)17/h4-6,10-11,16-17H,7-9H2,1-3H3. The maximum Gasteiger partial charge on any atom is 0.124 e. The lowest BCUT2D eigenvalue weighted by Gasteiger charge is -2.14. The monoisotopic (exact) mass is 315 g/mol. The van der Waals surface area contributed by atoms with E-state index in [0.717, 1.165) is 28.9 Å². The van der Waals surface area contributed by atoms with Gasteiger partial charge in [-0.15, -0.1) is 0 Å². The van der Waals surface area contributed by atoms with Crippen LogP contribution in [0.1, 0.15) is 26.3 Å². The van der Waals surface area contributed by atoms with Crippen LogP contribution in [0.15, 0.2) is 22.7 Å². The SMILES string of the molecule is CC(C)CNCc1cc(Br)ccc1OCC(C)O. The lowest BCUT2D eigenvalue weighted by Crippen LogP contribution is -2.20. The van der Waals surface area contributed by atoms with Crippen LogP contribution in [0, 0.1) is 5.92 Å². The van der Waals surface area contributed by atoms with Crippen molar-refractivity contribution >= 4 is 15.9 Å². The van der Waals surface area contributed by atoms with E-state index < -0.39 is 6.10 Å². The van der Waals surface area contributed by atoms with E-state index in [-0.39, 0.29) is 0 Å². The first-order valence-electron chi connectivity index (χ1n) is 6.29. The summed E-state index contributed by atoms with van der Waals surface area (Å²) in [7, 11) is 0. The molecule has 102 valence electrons. The average Bonchev–Trinajstić information content (AvgIpc) is 2.27. The molecule has 0 fully saturated rings. The number of halogens is 1. The van der Waals surface area contributed by atoms with Crippen LogP contribution >= 0.6 is 15.9 Å². The van der Waals surface area contributed by atoms with E-state index >= 15 is 0 Å². The molecule has 1 rings (SSSR count). The number of aliphatic hydroxyl groups is 1. The Morgan fingerprint density at radius 1 is 1.33 bits per heavy atom. The first-order chi connectivity index (χ1) is 8.49. The van der Waals surface area contributed by atoms with Crippen molar-refractivity contribution in [3.05, 3.63) is 28.2 Å². The summed E-state index contributed by atoms with van der Waals surface area (Å²) in [6.07, 6.45) is -0.454. The Morgan fingerprint density at radius 2 is 2.06 bits per heavy atom. The zero-order chi connectivity index (χ0) is 13.5. The largest absolute Gasteiger partial charge is 0.491 e. The predicted octanol–water partition coefficient (Wildman–Crippen LogP) is 2.95. The highest BCUT2D eigenvalue weighted by molar-refractivity contribution is 9.10. The summed E-state index contributed by atoms with van der Waals surface area (Å²) in [5, 5.41) is 12.7. The van der Waals surface area contributed by atoms with Gasteiger partial charge in [0.1, 0.15) is 12.4 Å². The zero-order valence-corrected chi connectivity index (χ0v) is 12.8. The van der Waals surface area contributed by atoms with Crippen molar-refractivity contribution in [1.82, 2.24) is 5.32 Å². The van der Waals surface area contributed by atoms with Crippen LogP contribution in [-0.2, 0) is 6.54 Å². The fourth-order valence-electron chi connectivity index (χ4n) is 1.53. The molecule has 0 radical (unpaired) electrons. The molecule has 2 N–H and O–H groups in total. The van der Waals surface area contributed by atoms with Crippen molar-refractivity contribution in [2.24, 2.45) is 5.92 Å². The average molecular weight is 316 g/mol. The molecule has 1 aromatic carbocycles. The van der Waals surface area contributed by atoms with Crippen molar-refractivity contribution in [3.8, 4) is 5.75 Å². The third-order valence-electron chi connectivity index (χ3n) is 2.37. The van der Waals surface area contributed by atoms with Gasteiger partial charge in [0, 0.05) is 16.6 Å². The molecule has 1 unspecified atom stereocenters. The molecule has 3 nitrogen and oxygen atoms in total. The number of aliphatic hydroxyl groups excluding tert-OH is 1. The van der Waals surface area contributed by atoms with Crippen molar-refractivity contribution in [2.75, 3.05) is 13.2 Å². The van der Waals surface area contributed by atoms with Crippen molar-refractivity contribution in [1.29, 1.82) is 0 Å². The highest BCUT2D eigenvalue weighted by Gasteiger charge is 2.06. The molecule has 0 aromatic heterocycles. The van der Waals surface area contributed by atoms with Gasteiger partial charge in [0.25, 0.3) is 0 Å². The number of nitrogens with one attached hydrogen (secondary N) is 1. The lowest BCUT2D eigenvalue weighted by atomic mass is 10.2. The Bertz CT molecular complexity index is 367. The quantitative estimate of drug-likeness (QED) is 0.813. The van der Waals surface area contributed by atoms with Gasteiger partial charge in [-0.3, -0.25) is 0 Å². The van der Waals surface area contributed by atoms with E-state index in [2.05, 4.69) is 35.1 Å². The van der Waals surface area contributed by atoms with Crippen molar-refractivity contribution in [2.45, 2.75) is 33.4 Å². The van der Waals surface area contributed by atoms with Crippen molar-refractivity contribution in [3.63, 3.8) is 0 Å². The summed E-state index contributed by atoms with van der Waals surface area (Å²) in [6.45, 7) is 8.14. The second-order valence-corrected chi connectivity index (χ2v) is 5.85. The summed E-state index contributed by atoms with van der Waals surface area (Å²) in [6, 6.07) is 5.92. The van der Waals surface area contributed by atoms with Gasteiger partial charge in [0.2, 0.25) is 0 Å². The van der Waals surface area contributed by atoms with Crippen LogP contribution in [-0.4, -0.2) is 24.4 Å². The topological polar surface area (TPSA) is 41.5 Å². The number of ether oxygens (including phenoxy) is 1. The second-order valence-electron chi connectivity index (χ2n) is 4.94. The van der Waals surface area contributed by atoms with Gasteiger partial charge >= 0.3 is 0 Å². The zero-order valence-electron chi connectivity index (χ0n) is 11.2. The molecular weight excluding hydrogens is 294 g/mol. The molecule has 18 heavy (non-hydrogen) atoms. The van der Waals surface area contributed by atoms with Crippen LogP contribution in [0.2, 0.25) is 0 Å². The molecule has 0 saturated heterocycles. The molecule has 0 bridgehead atoms. The second kappa shape index (κ2) is 7.77. The van der Waals surface area contributed by atoms with Crippen LogP contribution in [0.5, 0.6) is 5.75 Å². The maximum absolute atomic E-state index is 9.26. The number of rotatable bonds is 7. The molecule has 1 atom stereocenters. The number of hydrogen-bond acceptors (Lipinski definition) is 3. The van der Waals surface area contributed by atoms with E-state index in [0.29, 0.717) is 12.5 Å². The van der Waals surface area contributed by atoms with Gasteiger partial charge in [-0.1, -0.05) is 29.8 Å². The smallest absolute Gasteiger partial charge is 0.124 e. The Balaban J connectivity index is 2.64. The van der Waals surface area contributed by atoms with Gasteiger partial charge in [-0.25, -0.2) is 0 Å². The van der Waals surface area contributed by atoms with E-state index in [9.17, 15) is 5.11 Å². The minimum atomic E-state index is -0.454. The minimum absolute atomic E-state index is 0.318. The van der Waals surface area contributed by atoms with Gasteiger partial charge < -0.3 is 15.2 Å². The Labute approximate surface area is 118 Å². The van der Waals surface area contributed by atoms with Crippen LogP contribution in [0.25, 0.3) is 0 Å². The van der Waals surface area contributed by atoms with E-state index in [1.54, 1.807) is 6.92 Å². The molecule has 0 amide bonds. The molecular formula is C14H22BrNO2. The van der Waals surface area contributed by atoms with E-state index in [4.69, 9.17) is 4.74 Å².